The van der Waals surface area contributed by atoms with Crippen LogP contribution in [0.3, 0.4) is 0 Å². The Morgan fingerprint density at radius 2 is 2.13 bits per heavy atom. The maximum Gasteiger partial charge on any atom is 0.252 e. The number of hydrogen-bond acceptors (Lipinski definition) is 4. The Bertz CT molecular complexity index is 454. The molecule has 0 aromatic heterocycles. The maximum absolute atomic E-state index is 11.9. The van der Waals surface area contributed by atoms with Gasteiger partial charge in [0.2, 0.25) is 10.5 Å². The minimum absolute atomic E-state index is 0.0463. The zero-order valence-electron chi connectivity index (χ0n) is 7.87. The van der Waals surface area contributed by atoms with E-state index in [-0.39, 0.29) is 11.7 Å². The highest BCUT2D eigenvalue weighted by Crippen LogP contribution is 2.21. The van der Waals surface area contributed by atoms with Crippen molar-refractivity contribution in [2.45, 2.75) is 5.44 Å². The van der Waals surface area contributed by atoms with Crippen LogP contribution in [0.1, 0.15) is 0 Å². The van der Waals surface area contributed by atoms with E-state index in [4.69, 9.17) is 9.47 Å². The van der Waals surface area contributed by atoms with Gasteiger partial charge < -0.3 is 9.47 Å². The van der Waals surface area contributed by atoms with E-state index in [2.05, 4.69) is 0 Å². The first-order valence-electron chi connectivity index (χ1n) is 4.43. The quantitative estimate of drug-likeness (QED) is 0.711. The Morgan fingerprint density at radius 1 is 1.27 bits per heavy atom. The topological polar surface area (TPSA) is 52.6 Å². The van der Waals surface area contributed by atoms with Crippen LogP contribution in [0.2, 0.25) is 0 Å². The van der Waals surface area contributed by atoms with E-state index in [1.165, 1.54) is 18.4 Å². The zero-order valence-corrected chi connectivity index (χ0v) is 8.68. The second kappa shape index (κ2) is 3.94. The van der Waals surface area contributed by atoms with E-state index in [9.17, 15) is 8.42 Å². The molecule has 2 aliphatic rings. The summed E-state index contributed by atoms with van der Waals surface area (Å²) in [5.41, 5.74) is -0.986. The van der Waals surface area contributed by atoms with Gasteiger partial charge >= 0.3 is 0 Å². The molecule has 5 heteroatoms. The third kappa shape index (κ3) is 1.97. The molecule has 15 heavy (non-hydrogen) atoms. The molecule has 0 aliphatic carbocycles. The van der Waals surface area contributed by atoms with E-state index < -0.39 is 15.3 Å². The molecular formula is C10H10O4S. The van der Waals surface area contributed by atoms with E-state index in [0.717, 1.165) is 0 Å². The molecule has 0 saturated heterocycles. The predicted molar refractivity (Wildman–Crippen MR) is 55.2 cm³/mol. The standard InChI is InChI=1S/C10H10O4S/c11-15(12,9-5-1-3-7-13-9)10-6-2-4-8-14-10/h1-7,9H,8H2. The fourth-order valence-corrected chi connectivity index (χ4v) is 2.45. The second-order valence-electron chi connectivity index (χ2n) is 2.99. The van der Waals surface area contributed by atoms with Crippen molar-refractivity contribution in [2.24, 2.45) is 0 Å². The SMILES string of the molecule is O=S(=O)(C1=CC=CCO1)C1C=CC=CO1. The van der Waals surface area contributed by atoms with Crippen LogP contribution in [-0.2, 0) is 19.3 Å². The van der Waals surface area contributed by atoms with Gasteiger partial charge in [0.15, 0.2) is 0 Å². The second-order valence-corrected chi connectivity index (χ2v) is 4.94. The number of ether oxygens (including phenoxy) is 2. The van der Waals surface area contributed by atoms with Gasteiger partial charge in [-0.3, -0.25) is 0 Å². The summed E-state index contributed by atoms with van der Waals surface area (Å²) in [6.07, 6.45) is 10.9. The summed E-state index contributed by atoms with van der Waals surface area (Å²) in [6, 6.07) is 0. The Kier molecular flexibility index (Phi) is 2.64. The summed E-state index contributed by atoms with van der Waals surface area (Å²) < 4.78 is 33.8. The van der Waals surface area contributed by atoms with Gasteiger partial charge in [0.05, 0.1) is 6.26 Å². The third-order valence-corrected chi connectivity index (χ3v) is 3.64. The molecule has 0 fully saturated rings. The molecule has 1 unspecified atom stereocenters. The van der Waals surface area contributed by atoms with Gasteiger partial charge in [-0.15, -0.1) is 0 Å². The van der Waals surface area contributed by atoms with Gasteiger partial charge in [0, 0.05) is 0 Å². The molecular weight excluding hydrogens is 216 g/mol. The summed E-state index contributed by atoms with van der Waals surface area (Å²) in [7, 11) is -3.56. The first kappa shape index (κ1) is 10.0. The highest BCUT2D eigenvalue weighted by molar-refractivity contribution is 7.95. The zero-order chi connectivity index (χ0) is 10.7. The highest BCUT2D eigenvalue weighted by Gasteiger charge is 2.30. The molecule has 0 bridgehead atoms. The van der Waals surface area contributed by atoms with Crippen molar-refractivity contribution in [3.05, 3.63) is 47.8 Å². The Hall–Kier alpha value is -1.49. The van der Waals surface area contributed by atoms with Crippen molar-refractivity contribution in [3.8, 4) is 0 Å². The lowest BCUT2D eigenvalue weighted by Crippen LogP contribution is -2.25. The minimum Gasteiger partial charge on any atom is -0.479 e. The van der Waals surface area contributed by atoms with Crippen LogP contribution >= 0.6 is 0 Å². The molecule has 2 heterocycles. The molecule has 0 aromatic rings. The summed E-state index contributed by atoms with van der Waals surface area (Å²) in [5, 5.41) is -0.0463. The van der Waals surface area contributed by atoms with Crippen molar-refractivity contribution in [1.29, 1.82) is 0 Å². The molecule has 0 spiro atoms. The molecule has 4 nitrogen and oxygen atoms in total. The van der Waals surface area contributed by atoms with Gasteiger partial charge in [-0.1, -0.05) is 12.2 Å². The Labute approximate surface area is 88.1 Å². The van der Waals surface area contributed by atoms with E-state index in [1.807, 2.05) is 0 Å². The molecule has 0 saturated carbocycles. The summed E-state index contributed by atoms with van der Waals surface area (Å²) in [4.78, 5) is 0. The molecule has 1 atom stereocenters. The van der Waals surface area contributed by atoms with Crippen LogP contribution in [0.15, 0.2) is 47.8 Å². The lowest BCUT2D eigenvalue weighted by molar-refractivity contribution is 0.232. The number of hydrogen-bond donors (Lipinski definition) is 0. The largest absolute Gasteiger partial charge is 0.479 e. The van der Waals surface area contributed by atoms with Gasteiger partial charge in [-0.05, 0) is 24.3 Å². The first-order chi connectivity index (χ1) is 7.21. The van der Waals surface area contributed by atoms with E-state index >= 15 is 0 Å². The number of allylic oxidation sites excluding steroid dienone is 4. The van der Waals surface area contributed by atoms with Gasteiger partial charge in [0.25, 0.3) is 9.84 Å². The highest BCUT2D eigenvalue weighted by atomic mass is 32.2. The van der Waals surface area contributed by atoms with Crippen LogP contribution in [0.25, 0.3) is 0 Å². The van der Waals surface area contributed by atoms with Crippen LogP contribution < -0.4 is 0 Å². The fraction of sp³-hybridized carbons (Fsp3) is 0.200. The lowest BCUT2D eigenvalue weighted by Gasteiger charge is -2.18. The predicted octanol–water partition coefficient (Wildman–Crippen LogP) is 1.26. The van der Waals surface area contributed by atoms with Gasteiger partial charge in [-0.25, -0.2) is 8.42 Å². The third-order valence-electron chi connectivity index (χ3n) is 1.95. The van der Waals surface area contributed by atoms with Crippen molar-refractivity contribution in [2.75, 3.05) is 6.61 Å². The summed E-state index contributed by atoms with van der Waals surface area (Å²) in [5.74, 6) is 0. The van der Waals surface area contributed by atoms with Gasteiger partial charge in [-0.2, -0.15) is 0 Å². The molecule has 80 valence electrons. The maximum atomic E-state index is 11.9. The molecule has 0 amide bonds. The number of sulfone groups is 1. The minimum atomic E-state index is -3.56. The summed E-state index contributed by atoms with van der Waals surface area (Å²) >= 11 is 0. The van der Waals surface area contributed by atoms with Crippen LogP contribution in [0, 0.1) is 0 Å². The Balaban J connectivity index is 2.26. The number of rotatable bonds is 2. The fourth-order valence-electron chi connectivity index (χ4n) is 1.22. The lowest BCUT2D eigenvalue weighted by atomic mass is 10.4. The molecule has 0 radical (unpaired) electrons. The molecule has 2 aliphatic heterocycles. The van der Waals surface area contributed by atoms with E-state index in [1.54, 1.807) is 24.3 Å². The average molecular weight is 226 g/mol. The van der Waals surface area contributed by atoms with Crippen LogP contribution in [0.5, 0.6) is 0 Å². The first-order valence-corrected chi connectivity index (χ1v) is 5.98. The van der Waals surface area contributed by atoms with Crippen LogP contribution in [0.4, 0.5) is 0 Å². The molecule has 0 N–H and O–H groups in total. The Morgan fingerprint density at radius 3 is 2.73 bits per heavy atom. The van der Waals surface area contributed by atoms with Crippen molar-refractivity contribution in [1.82, 2.24) is 0 Å². The van der Waals surface area contributed by atoms with Gasteiger partial charge in [0.1, 0.15) is 6.61 Å². The smallest absolute Gasteiger partial charge is 0.252 e. The van der Waals surface area contributed by atoms with Crippen molar-refractivity contribution >= 4 is 9.84 Å². The summed E-state index contributed by atoms with van der Waals surface area (Å²) in [6.45, 7) is 0.275. The monoisotopic (exact) mass is 226 g/mol. The normalized spacial score (nSPS) is 24.3. The molecule has 0 aromatic carbocycles. The van der Waals surface area contributed by atoms with Crippen LogP contribution in [-0.4, -0.2) is 20.5 Å². The van der Waals surface area contributed by atoms with Crippen molar-refractivity contribution in [3.63, 3.8) is 0 Å². The molecule has 2 rings (SSSR count). The average Bonchev–Trinajstić information content (AvgIpc) is 2.31. The van der Waals surface area contributed by atoms with E-state index in [0.29, 0.717) is 0 Å². The van der Waals surface area contributed by atoms with Crippen molar-refractivity contribution < 1.29 is 17.9 Å².